The van der Waals surface area contributed by atoms with E-state index in [-0.39, 0.29) is 11.2 Å². The van der Waals surface area contributed by atoms with Gasteiger partial charge in [-0.1, -0.05) is 26.0 Å². The molecule has 0 heterocycles. The van der Waals surface area contributed by atoms with Gasteiger partial charge in [-0.2, -0.15) is 0 Å². The van der Waals surface area contributed by atoms with Gasteiger partial charge < -0.3 is 5.32 Å². The first-order valence-corrected chi connectivity index (χ1v) is 5.58. The molecule has 0 saturated carbocycles. The topological polar surface area (TPSA) is 12.0 Å². The van der Waals surface area contributed by atoms with E-state index in [0.717, 1.165) is 12.1 Å². The highest BCUT2D eigenvalue weighted by Crippen LogP contribution is 2.15. The molecule has 1 nitrogen and oxygen atoms in total. The van der Waals surface area contributed by atoms with Crippen molar-refractivity contribution in [3.8, 4) is 0 Å². The van der Waals surface area contributed by atoms with Crippen LogP contribution >= 0.6 is 11.6 Å². The van der Waals surface area contributed by atoms with Crippen molar-refractivity contribution < 1.29 is 4.39 Å². The maximum absolute atomic E-state index is 12.8. The number of alkyl halides is 1. The molecule has 0 bridgehead atoms. The predicted molar refractivity (Wildman–Crippen MR) is 62.6 cm³/mol. The number of halogens is 2. The zero-order valence-corrected chi connectivity index (χ0v) is 9.94. The number of rotatable bonds is 5. The van der Waals surface area contributed by atoms with Gasteiger partial charge in [0.1, 0.15) is 5.82 Å². The molecule has 0 radical (unpaired) electrons. The standard InChI is InChI=1S/C12H17ClFN/c1-12(2,8-13)9-15-7-10-4-3-5-11(14)6-10/h3-6,15H,7-9H2,1-2H3. The minimum absolute atomic E-state index is 0.0783. The number of hydrogen-bond donors (Lipinski definition) is 1. The van der Waals surface area contributed by atoms with Gasteiger partial charge in [0.25, 0.3) is 0 Å². The average molecular weight is 230 g/mol. The van der Waals surface area contributed by atoms with Crippen LogP contribution in [0.1, 0.15) is 19.4 Å². The van der Waals surface area contributed by atoms with Crippen molar-refractivity contribution in [3.63, 3.8) is 0 Å². The molecule has 84 valence electrons. The lowest BCUT2D eigenvalue weighted by atomic mass is 9.96. The number of hydrogen-bond acceptors (Lipinski definition) is 1. The van der Waals surface area contributed by atoms with Crippen LogP contribution in [0, 0.1) is 11.2 Å². The largest absolute Gasteiger partial charge is 0.312 e. The van der Waals surface area contributed by atoms with E-state index in [1.807, 2.05) is 6.07 Å². The SMILES string of the molecule is CC(C)(CCl)CNCc1cccc(F)c1. The van der Waals surface area contributed by atoms with Crippen molar-refractivity contribution in [2.75, 3.05) is 12.4 Å². The van der Waals surface area contributed by atoms with Gasteiger partial charge in [0, 0.05) is 19.0 Å². The van der Waals surface area contributed by atoms with Crippen LogP contribution in [0.2, 0.25) is 0 Å². The molecule has 15 heavy (non-hydrogen) atoms. The van der Waals surface area contributed by atoms with E-state index in [1.54, 1.807) is 12.1 Å². The maximum atomic E-state index is 12.8. The fraction of sp³-hybridized carbons (Fsp3) is 0.500. The smallest absolute Gasteiger partial charge is 0.123 e. The minimum Gasteiger partial charge on any atom is -0.312 e. The summed E-state index contributed by atoms with van der Waals surface area (Å²) in [5.41, 5.74) is 1.04. The van der Waals surface area contributed by atoms with Crippen molar-refractivity contribution in [1.82, 2.24) is 5.32 Å². The van der Waals surface area contributed by atoms with Crippen molar-refractivity contribution in [2.24, 2.45) is 5.41 Å². The quantitative estimate of drug-likeness (QED) is 0.765. The summed E-state index contributed by atoms with van der Waals surface area (Å²) >= 11 is 5.80. The lowest BCUT2D eigenvalue weighted by molar-refractivity contribution is 0.385. The third-order valence-corrected chi connectivity index (χ3v) is 2.91. The summed E-state index contributed by atoms with van der Waals surface area (Å²) in [4.78, 5) is 0. The number of benzene rings is 1. The first kappa shape index (κ1) is 12.5. The second-order valence-electron chi connectivity index (χ2n) is 4.53. The van der Waals surface area contributed by atoms with Gasteiger partial charge in [-0.15, -0.1) is 11.6 Å². The Hall–Kier alpha value is -0.600. The summed E-state index contributed by atoms with van der Waals surface area (Å²) in [6.07, 6.45) is 0. The van der Waals surface area contributed by atoms with Gasteiger partial charge >= 0.3 is 0 Å². The van der Waals surface area contributed by atoms with Crippen molar-refractivity contribution in [1.29, 1.82) is 0 Å². The molecule has 0 spiro atoms. The Kier molecular flexibility index (Phi) is 4.55. The van der Waals surface area contributed by atoms with E-state index >= 15 is 0 Å². The van der Waals surface area contributed by atoms with Crippen LogP contribution in [-0.4, -0.2) is 12.4 Å². The summed E-state index contributed by atoms with van der Waals surface area (Å²) in [7, 11) is 0. The fourth-order valence-corrected chi connectivity index (χ4v) is 1.33. The van der Waals surface area contributed by atoms with Crippen LogP contribution in [0.5, 0.6) is 0 Å². The molecule has 0 atom stereocenters. The molecular formula is C12H17ClFN. The Morgan fingerprint density at radius 3 is 2.73 bits per heavy atom. The van der Waals surface area contributed by atoms with Crippen LogP contribution in [0.15, 0.2) is 24.3 Å². The lowest BCUT2D eigenvalue weighted by Crippen LogP contribution is -2.30. The van der Waals surface area contributed by atoms with Crippen molar-refractivity contribution in [3.05, 3.63) is 35.6 Å². The third kappa shape index (κ3) is 4.63. The van der Waals surface area contributed by atoms with Crippen LogP contribution in [-0.2, 0) is 6.54 Å². The Balaban J connectivity index is 2.38. The van der Waals surface area contributed by atoms with Gasteiger partial charge in [-0.05, 0) is 23.1 Å². The van der Waals surface area contributed by atoms with E-state index in [1.165, 1.54) is 6.07 Å². The van der Waals surface area contributed by atoms with E-state index in [0.29, 0.717) is 12.4 Å². The molecule has 0 aliphatic rings. The summed E-state index contributed by atoms with van der Waals surface area (Å²) in [6.45, 7) is 5.70. The van der Waals surface area contributed by atoms with Crippen LogP contribution in [0.3, 0.4) is 0 Å². The summed E-state index contributed by atoms with van der Waals surface area (Å²) in [5.74, 6) is 0.425. The molecule has 0 aliphatic carbocycles. The number of nitrogens with one attached hydrogen (secondary N) is 1. The molecule has 1 N–H and O–H groups in total. The Morgan fingerprint density at radius 1 is 1.40 bits per heavy atom. The summed E-state index contributed by atoms with van der Waals surface area (Å²) in [5, 5.41) is 3.27. The average Bonchev–Trinajstić information content (AvgIpc) is 2.18. The zero-order chi connectivity index (χ0) is 11.3. The predicted octanol–water partition coefficient (Wildman–Crippen LogP) is 3.18. The molecule has 0 saturated heterocycles. The van der Waals surface area contributed by atoms with E-state index in [9.17, 15) is 4.39 Å². The normalized spacial score (nSPS) is 11.7. The van der Waals surface area contributed by atoms with Crippen molar-refractivity contribution in [2.45, 2.75) is 20.4 Å². The zero-order valence-electron chi connectivity index (χ0n) is 9.19. The van der Waals surface area contributed by atoms with Gasteiger partial charge in [0.05, 0.1) is 0 Å². The lowest BCUT2D eigenvalue weighted by Gasteiger charge is -2.21. The monoisotopic (exact) mass is 229 g/mol. The molecule has 0 fully saturated rings. The van der Waals surface area contributed by atoms with E-state index in [4.69, 9.17) is 11.6 Å². The molecule has 0 amide bonds. The van der Waals surface area contributed by atoms with Gasteiger partial charge in [-0.3, -0.25) is 0 Å². The first-order chi connectivity index (χ1) is 7.03. The molecule has 0 aromatic heterocycles. The highest BCUT2D eigenvalue weighted by Gasteiger charge is 2.15. The minimum atomic E-state index is -0.189. The Morgan fingerprint density at radius 2 is 2.13 bits per heavy atom. The van der Waals surface area contributed by atoms with E-state index in [2.05, 4.69) is 19.2 Å². The van der Waals surface area contributed by atoms with Crippen LogP contribution in [0.4, 0.5) is 4.39 Å². The fourth-order valence-electron chi connectivity index (χ4n) is 1.24. The molecule has 1 rings (SSSR count). The van der Waals surface area contributed by atoms with Crippen molar-refractivity contribution >= 4 is 11.6 Å². The summed E-state index contributed by atoms with van der Waals surface area (Å²) in [6, 6.07) is 6.62. The van der Waals surface area contributed by atoms with Crippen LogP contribution in [0.25, 0.3) is 0 Å². The van der Waals surface area contributed by atoms with Gasteiger partial charge in [-0.25, -0.2) is 4.39 Å². The molecule has 1 aromatic carbocycles. The first-order valence-electron chi connectivity index (χ1n) is 5.05. The molecule has 3 heteroatoms. The third-order valence-electron chi connectivity index (χ3n) is 2.18. The Labute approximate surface area is 95.6 Å². The van der Waals surface area contributed by atoms with Crippen LogP contribution < -0.4 is 5.32 Å². The molecule has 1 aromatic rings. The molecular weight excluding hydrogens is 213 g/mol. The Bertz CT molecular complexity index is 312. The second-order valence-corrected chi connectivity index (χ2v) is 4.80. The van der Waals surface area contributed by atoms with Gasteiger partial charge in [0.15, 0.2) is 0 Å². The highest BCUT2D eigenvalue weighted by atomic mass is 35.5. The maximum Gasteiger partial charge on any atom is 0.123 e. The highest BCUT2D eigenvalue weighted by molar-refractivity contribution is 6.18. The second kappa shape index (κ2) is 5.47. The molecule has 0 aliphatic heterocycles. The molecule has 0 unspecified atom stereocenters. The van der Waals surface area contributed by atoms with E-state index < -0.39 is 0 Å². The van der Waals surface area contributed by atoms with Gasteiger partial charge in [0.2, 0.25) is 0 Å². The summed E-state index contributed by atoms with van der Waals surface area (Å²) < 4.78 is 12.8.